The molecule has 2 fully saturated rings. The summed E-state index contributed by atoms with van der Waals surface area (Å²) in [5.41, 5.74) is 0. The van der Waals surface area contributed by atoms with Crippen LogP contribution in [-0.4, -0.2) is 54.3 Å². The fourth-order valence-electron chi connectivity index (χ4n) is 3.34. The predicted molar refractivity (Wildman–Crippen MR) is 91.1 cm³/mol. The van der Waals surface area contributed by atoms with Crippen LogP contribution in [0.15, 0.2) is 17.5 Å². The number of hydrogen-bond donors (Lipinski definition) is 1. The van der Waals surface area contributed by atoms with Gasteiger partial charge in [-0.2, -0.15) is 0 Å². The summed E-state index contributed by atoms with van der Waals surface area (Å²) in [6.07, 6.45) is 3.14. The van der Waals surface area contributed by atoms with Gasteiger partial charge in [0.1, 0.15) is 0 Å². The predicted octanol–water partition coefficient (Wildman–Crippen LogP) is 1.70. The van der Waals surface area contributed by atoms with Gasteiger partial charge in [-0.25, -0.2) is 0 Å². The molecule has 2 amide bonds. The standard InChI is InChI=1S/C17H25N3O2S/c1-19-7-4-13(11-16(19)21)17(22)18-14-5-8-20(9-6-14)12-15-3-2-10-23-15/h2-3,10,13-14H,4-9,11-12H2,1H3,(H,18,22). The van der Waals surface area contributed by atoms with E-state index in [0.29, 0.717) is 13.0 Å². The van der Waals surface area contributed by atoms with E-state index in [1.807, 2.05) is 0 Å². The Morgan fingerprint density at radius 3 is 2.74 bits per heavy atom. The Morgan fingerprint density at radius 1 is 1.30 bits per heavy atom. The van der Waals surface area contributed by atoms with Crippen molar-refractivity contribution in [2.24, 2.45) is 5.92 Å². The van der Waals surface area contributed by atoms with Crippen LogP contribution in [0.4, 0.5) is 0 Å². The van der Waals surface area contributed by atoms with E-state index in [1.54, 1.807) is 23.3 Å². The number of piperidine rings is 2. The van der Waals surface area contributed by atoms with Gasteiger partial charge in [0.2, 0.25) is 11.8 Å². The lowest BCUT2D eigenvalue weighted by atomic mass is 9.94. The topological polar surface area (TPSA) is 52.7 Å². The first kappa shape index (κ1) is 16.5. The quantitative estimate of drug-likeness (QED) is 0.911. The molecule has 0 radical (unpaired) electrons. The lowest BCUT2D eigenvalue weighted by Crippen LogP contribution is -2.48. The van der Waals surface area contributed by atoms with Crippen molar-refractivity contribution in [1.82, 2.24) is 15.1 Å². The number of hydrogen-bond acceptors (Lipinski definition) is 4. The largest absolute Gasteiger partial charge is 0.353 e. The van der Waals surface area contributed by atoms with E-state index in [-0.39, 0.29) is 23.8 Å². The molecular formula is C17H25N3O2S. The van der Waals surface area contributed by atoms with Crippen LogP contribution in [0.3, 0.4) is 0 Å². The van der Waals surface area contributed by atoms with Crippen LogP contribution in [0.2, 0.25) is 0 Å². The number of carbonyl (C=O) groups excluding carboxylic acids is 2. The fourth-order valence-corrected chi connectivity index (χ4v) is 4.09. The van der Waals surface area contributed by atoms with E-state index in [4.69, 9.17) is 0 Å². The Balaban J connectivity index is 1.41. The molecule has 2 aliphatic heterocycles. The zero-order chi connectivity index (χ0) is 16.2. The van der Waals surface area contributed by atoms with E-state index in [9.17, 15) is 9.59 Å². The molecule has 1 aromatic rings. The minimum atomic E-state index is -0.136. The van der Waals surface area contributed by atoms with Crippen molar-refractivity contribution in [3.8, 4) is 0 Å². The molecule has 0 aliphatic carbocycles. The molecule has 3 heterocycles. The summed E-state index contributed by atoms with van der Waals surface area (Å²) in [4.78, 5) is 29.7. The number of rotatable bonds is 4. The second-order valence-electron chi connectivity index (χ2n) is 6.64. The van der Waals surface area contributed by atoms with Crippen molar-refractivity contribution in [3.05, 3.63) is 22.4 Å². The molecule has 23 heavy (non-hydrogen) atoms. The van der Waals surface area contributed by atoms with Gasteiger partial charge in [-0.15, -0.1) is 11.3 Å². The molecule has 2 saturated heterocycles. The molecule has 0 spiro atoms. The summed E-state index contributed by atoms with van der Waals surface area (Å²) in [5.74, 6) is 0.0215. The number of amides is 2. The molecule has 126 valence electrons. The zero-order valence-electron chi connectivity index (χ0n) is 13.7. The van der Waals surface area contributed by atoms with Crippen LogP contribution in [0.25, 0.3) is 0 Å². The zero-order valence-corrected chi connectivity index (χ0v) is 14.5. The van der Waals surface area contributed by atoms with Gasteiger partial charge < -0.3 is 10.2 Å². The second-order valence-corrected chi connectivity index (χ2v) is 7.68. The highest BCUT2D eigenvalue weighted by Crippen LogP contribution is 2.20. The first-order chi connectivity index (χ1) is 11.1. The maximum atomic E-state index is 12.4. The van der Waals surface area contributed by atoms with E-state index < -0.39 is 0 Å². The number of nitrogens with one attached hydrogen (secondary N) is 1. The first-order valence-electron chi connectivity index (χ1n) is 8.41. The number of thiophene rings is 1. The molecule has 1 atom stereocenters. The van der Waals surface area contributed by atoms with Gasteiger partial charge in [0.15, 0.2) is 0 Å². The third kappa shape index (κ3) is 4.32. The molecule has 0 bridgehead atoms. The van der Waals surface area contributed by atoms with Crippen LogP contribution >= 0.6 is 11.3 Å². The van der Waals surface area contributed by atoms with Crippen LogP contribution in [-0.2, 0) is 16.1 Å². The average molecular weight is 335 g/mol. The van der Waals surface area contributed by atoms with E-state index in [1.165, 1.54) is 4.88 Å². The minimum absolute atomic E-state index is 0.0724. The lowest BCUT2D eigenvalue weighted by molar-refractivity contribution is -0.139. The van der Waals surface area contributed by atoms with Crippen molar-refractivity contribution < 1.29 is 9.59 Å². The van der Waals surface area contributed by atoms with Gasteiger partial charge >= 0.3 is 0 Å². The van der Waals surface area contributed by atoms with Crippen LogP contribution < -0.4 is 5.32 Å². The summed E-state index contributed by atoms with van der Waals surface area (Å²) in [6, 6.07) is 4.53. The van der Waals surface area contributed by atoms with Gasteiger partial charge in [0.05, 0.1) is 0 Å². The van der Waals surface area contributed by atoms with Crippen molar-refractivity contribution in [2.75, 3.05) is 26.7 Å². The summed E-state index contributed by atoms with van der Waals surface area (Å²) in [7, 11) is 1.81. The van der Waals surface area contributed by atoms with Gasteiger partial charge in [-0.3, -0.25) is 14.5 Å². The maximum Gasteiger partial charge on any atom is 0.223 e. The number of nitrogens with zero attached hydrogens (tertiary/aromatic N) is 2. The normalized spacial score (nSPS) is 24.0. The summed E-state index contributed by atoms with van der Waals surface area (Å²) < 4.78 is 0. The first-order valence-corrected chi connectivity index (χ1v) is 9.29. The van der Waals surface area contributed by atoms with Gasteiger partial charge in [-0.1, -0.05) is 6.07 Å². The van der Waals surface area contributed by atoms with E-state index in [2.05, 4.69) is 27.7 Å². The monoisotopic (exact) mass is 335 g/mol. The van der Waals surface area contributed by atoms with Crippen LogP contribution in [0.5, 0.6) is 0 Å². The molecule has 1 N–H and O–H groups in total. The molecule has 0 saturated carbocycles. The van der Waals surface area contributed by atoms with Crippen molar-refractivity contribution >= 4 is 23.2 Å². The maximum absolute atomic E-state index is 12.4. The van der Waals surface area contributed by atoms with E-state index >= 15 is 0 Å². The summed E-state index contributed by atoms with van der Waals surface area (Å²) in [6.45, 7) is 3.75. The van der Waals surface area contributed by atoms with Crippen molar-refractivity contribution in [3.63, 3.8) is 0 Å². The third-order valence-electron chi connectivity index (χ3n) is 4.92. The Morgan fingerprint density at radius 2 is 2.09 bits per heavy atom. The molecule has 0 aromatic carbocycles. The highest BCUT2D eigenvalue weighted by molar-refractivity contribution is 7.09. The van der Waals surface area contributed by atoms with Gasteiger partial charge in [-0.05, 0) is 30.7 Å². The summed E-state index contributed by atoms with van der Waals surface area (Å²) in [5, 5.41) is 5.29. The van der Waals surface area contributed by atoms with Gasteiger partial charge in [0.25, 0.3) is 0 Å². The smallest absolute Gasteiger partial charge is 0.223 e. The third-order valence-corrected chi connectivity index (χ3v) is 5.79. The molecule has 6 heteroatoms. The Bertz CT molecular complexity index is 538. The average Bonchev–Trinajstić information content (AvgIpc) is 3.05. The van der Waals surface area contributed by atoms with Crippen molar-refractivity contribution in [2.45, 2.75) is 38.3 Å². The molecular weight excluding hydrogens is 310 g/mol. The van der Waals surface area contributed by atoms with Crippen molar-refractivity contribution in [1.29, 1.82) is 0 Å². The highest BCUT2D eigenvalue weighted by atomic mass is 32.1. The Labute approximate surface area is 141 Å². The Hall–Kier alpha value is -1.40. The van der Waals surface area contributed by atoms with E-state index in [0.717, 1.165) is 38.9 Å². The molecule has 1 aromatic heterocycles. The molecule has 1 unspecified atom stereocenters. The number of carbonyl (C=O) groups is 2. The minimum Gasteiger partial charge on any atom is -0.353 e. The van der Waals surface area contributed by atoms with Crippen LogP contribution in [0, 0.1) is 5.92 Å². The lowest BCUT2D eigenvalue weighted by Gasteiger charge is -2.34. The number of likely N-dealkylation sites (tertiary alicyclic amines) is 2. The van der Waals surface area contributed by atoms with Gasteiger partial charge in [0, 0.05) is 56.5 Å². The molecule has 5 nitrogen and oxygen atoms in total. The highest BCUT2D eigenvalue weighted by Gasteiger charge is 2.30. The van der Waals surface area contributed by atoms with Crippen LogP contribution in [0.1, 0.15) is 30.6 Å². The SMILES string of the molecule is CN1CCC(C(=O)NC2CCN(Cc3cccs3)CC2)CC1=O. The fraction of sp³-hybridized carbons (Fsp3) is 0.647. The second kappa shape index (κ2) is 7.45. The Kier molecular flexibility index (Phi) is 5.33. The molecule has 3 rings (SSSR count). The summed E-state index contributed by atoms with van der Waals surface area (Å²) >= 11 is 1.80. The molecule has 2 aliphatic rings.